The molecule has 0 radical (unpaired) electrons. The van der Waals surface area contributed by atoms with Gasteiger partial charge >= 0.3 is 0 Å². The molecule has 2 rings (SSSR count). The number of hydrogen-bond acceptors (Lipinski definition) is 1. The fourth-order valence-corrected chi connectivity index (χ4v) is 4.29. The Labute approximate surface area is 130 Å². The first-order chi connectivity index (χ1) is 9.91. The zero-order valence-corrected chi connectivity index (χ0v) is 14.2. The summed E-state index contributed by atoms with van der Waals surface area (Å²) in [6, 6.07) is 0. The van der Waals surface area contributed by atoms with Crippen molar-refractivity contribution in [3.63, 3.8) is 0 Å². The van der Waals surface area contributed by atoms with Crippen LogP contribution in [-0.4, -0.2) is 11.2 Å². The number of aliphatic hydroxyl groups is 1. The maximum absolute atomic E-state index is 11.0. The Morgan fingerprint density at radius 1 is 1.48 bits per heavy atom. The number of hydrogen-bond donors (Lipinski definition) is 1. The molecular formula is C20H32O. The first-order valence-electron chi connectivity index (χ1n) is 8.57. The number of aliphatic hydroxyl groups excluding tert-OH is 1. The summed E-state index contributed by atoms with van der Waals surface area (Å²) in [5, 5.41) is 11.0. The van der Waals surface area contributed by atoms with Crippen LogP contribution in [0.5, 0.6) is 0 Å². The van der Waals surface area contributed by atoms with Gasteiger partial charge in [-0.15, -0.1) is 0 Å². The second-order valence-electron chi connectivity index (χ2n) is 7.50. The van der Waals surface area contributed by atoms with E-state index in [2.05, 4.69) is 46.4 Å². The average molecular weight is 288 g/mol. The van der Waals surface area contributed by atoms with Gasteiger partial charge in [-0.25, -0.2) is 0 Å². The predicted octanol–water partition coefficient (Wildman–Crippen LogP) is 5.28. The lowest BCUT2D eigenvalue weighted by atomic mass is 9.76. The van der Waals surface area contributed by atoms with Crippen molar-refractivity contribution in [3.05, 3.63) is 35.5 Å². The number of fused-ring (bicyclic) bond motifs is 1. The molecule has 1 fully saturated rings. The summed E-state index contributed by atoms with van der Waals surface area (Å²) in [7, 11) is 0. The van der Waals surface area contributed by atoms with E-state index in [1.165, 1.54) is 23.1 Å². The number of allylic oxidation sites excluding steroid dienone is 4. The van der Waals surface area contributed by atoms with E-state index in [1.807, 2.05) is 0 Å². The fraction of sp³-hybridized carbons (Fsp3) is 0.700. The minimum Gasteiger partial charge on any atom is -0.392 e. The molecule has 2 aliphatic rings. The number of rotatable bonds is 4. The van der Waals surface area contributed by atoms with Gasteiger partial charge in [0.1, 0.15) is 0 Å². The molecule has 118 valence electrons. The summed E-state index contributed by atoms with van der Waals surface area (Å²) in [5.41, 5.74) is 4.15. The summed E-state index contributed by atoms with van der Waals surface area (Å²) < 4.78 is 0. The lowest BCUT2D eigenvalue weighted by Gasteiger charge is -2.32. The molecule has 1 saturated carbocycles. The molecule has 0 aromatic rings. The molecule has 5 unspecified atom stereocenters. The third-order valence-corrected chi connectivity index (χ3v) is 5.69. The molecular weight excluding hydrogens is 256 g/mol. The van der Waals surface area contributed by atoms with Gasteiger partial charge in [0.25, 0.3) is 0 Å². The molecule has 0 amide bonds. The van der Waals surface area contributed by atoms with E-state index in [0.29, 0.717) is 23.7 Å². The van der Waals surface area contributed by atoms with Crippen molar-refractivity contribution < 1.29 is 5.11 Å². The van der Waals surface area contributed by atoms with Gasteiger partial charge in [-0.05, 0) is 70.6 Å². The highest BCUT2D eigenvalue weighted by Gasteiger charge is 2.42. The van der Waals surface area contributed by atoms with Gasteiger partial charge in [-0.2, -0.15) is 0 Å². The molecule has 2 aliphatic carbocycles. The zero-order valence-electron chi connectivity index (χ0n) is 14.2. The lowest BCUT2D eigenvalue weighted by molar-refractivity contribution is 0.0306. The van der Waals surface area contributed by atoms with Crippen LogP contribution in [0, 0.1) is 23.7 Å². The van der Waals surface area contributed by atoms with Gasteiger partial charge in [-0.3, -0.25) is 0 Å². The molecule has 5 atom stereocenters. The minimum absolute atomic E-state index is 0.185. The van der Waals surface area contributed by atoms with Crippen LogP contribution in [-0.2, 0) is 0 Å². The molecule has 1 N–H and O–H groups in total. The van der Waals surface area contributed by atoms with E-state index in [-0.39, 0.29) is 6.10 Å². The first-order valence-corrected chi connectivity index (χ1v) is 8.57. The quantitative estimate of drug-likeness (QED) is 0.698. The molecule has 1 nitrogen and oxygen atoms in total. The van der Waals surface area contributed by atoms with Gasteiger partial charge in [-0.1, -0.05) is 42.4 Å². The van der Waals surface area contributed by atoms with Gasteiger partial charge in [0.05, 0.1) is 6.10 Å². The van der Waals surface area contributed by atoms with Crippen molar-refractivity contribution in [2.75, 3.05) is 0 Å². The van der Waals surface area contributed by atoms with E-state index in [9.17, 15) is 5.11 Å². The molecule has 0 aromatic heterocycles. The van der Waals surface area contributed by atoms with Crippen LogP contribution in [0.2, 0.25) is 0 Å². The van der Waals surface area contributed by atoms with Crippen molar-refractivity contribution in [2.45, 2.75) is 65.9 Å². The molecule has 0 heterocycles. The normalized spacial score (nSPS) is 34.0. The predicted molar refractivity (Wildman–Crippen MR) is 91.1 cm³/mol. The Kier molecular flexibility index (Phi) is 5.48. The Bertz CT molecular complexity index is 439. The second kappa shape index (κ2) is 6.96. The topological polar surface area (TPSA) is 20.2 Å². The van der Waals surface area contributed by atoms with Crippen LogP contribution in [0.4, 0.5) is 0 Å². The third-order valence-electron chi connectivity index (χ3n) is 5.69. The Morgan fingerprint density at radius 2 is 2.19 bits per heavy atom. The third kappa shape index (κ3) is 3.69. The van der Waals surface area contributed by atoms with Gasteiger partial charge in [0.2, 0.25) is 0 Å². The van der Waals surface area contributed by atoms with Crippen LogP contribution in [0.25, 0.3) is 0 Å². The van der Waals surface area contributed by atoms with Crippen LogP contribution in [0.15, 0.2) is 35.5 Å². The van der Waals surface area contributed by atoms with E-state index in [4.69, 9.17) is 0 Å². The smallest absolute Gasteiger partial charge is 0.0642 e. The van der Waals surface area contributed by atoms with Crippen LogP contribution in [0.3, 0.4) is 0 Å². The van der Waals surface area contributed by atoms with Gasteiger partial charge < -0.3 is 5.11 Å². The largest absolute Gasteiger partial charge is 0.392 e. The molecule has 0 saturated heterocycles. The summed E-state index contributed by atoms with van der Waals surface area (Å²) >= 11 is 0. The van der Waals surface area contributed by atoms with E-state index in [0.717, 1.165) is 25.7 Å². The standard InChI is InChI=1S/C20H32O/c1-13(2)7-6-8-14(3)18-12-9-15(4)17-11-10-16(5)19(17)20(18)21/h7,10,14,17-21H,4,6,8-9,11-12H2,1-3,5H3. The maximum Gasteiger partial charge on any atom is 0.0642 e. The summed E-state index contributed by atoms with van der Waals surface area (Å²) in [6.07, 6.45) is 10.1. The van der Waals surface area contributed by atoms with Gasteiger partial charge in [0.15, 0.2) is 0 Å². The molecule has 0 spiro atoms. The molecule has 0 aliphatic heterocycles. The maximum atomic E-state index is 11.0. The van der Waals surface area contributed by atoms with E-state index in [1.54, 1.807) is 0 Å². The minimum atomic E-state index is -0.185. The first kappa shape index (κ1) is 16.5. The van der Waals surface area contributed by atoms with E-state index >= 15 is 0 Å². The highest BCUT2D eigenvalue weighted by molar-refractivity contribution is 5.24. The SMILES string of the molecule is C=C1CCC(C(C)CCC=C(C)C)C(O)C2C(C)=CCC12. The van der Waals surface area contributed by atoms with Crippen molar-refractivity contribution in [3.8, 4) is 0 Å². The Balaban J connectivity index is 2.07. The van der Waals surface area contributed by atoms with Crippen molar-refractivity contribution in [2.24, 2.45) is 23.7 Å². The molecule has 0 bridgehead atoms. The second-order valence-corrected chi connectivity index (χ2v) is 7.50. The zero-order chi connectivity index (χ0) is 15.6. The average Bonchev–Trinajstić information content (AvgIpc) is 2.74. The van der Waals surface area contributed by atoms with Crippen molar-refractivity contribution in [1.82, 2.24) is 0 Å². The Morgan fingerprint density at radius 3 is 2.86 bits per heavy atom. The Hall–Kier alpha value is -0.820. The summed E-state index contributed by atoms with van der Waals surface area (Å²) in [5.74, 6) is 1.82. The summed E-state index contributed by atoms with van der Waals surface area (Å²) in [4.78, 5) is 0. The fourth-order valence-electron chi connectivity index (χ4n) is 4.29. The molecule has 21 heavy (non-hydrogen) atoms. The lowest BCUT2D eigenvalue weighted by Crippen LogP contribution is -2.34. The van der Waals surface area contributed by atoms with Crippen LogP contribution >= 0.6 is 0 Å². The monoisotopic (exact) mass is 288 g/mol. The van der Waals surface area contributed by atoms with Crippen molar-refractivity contribution >= 4 is 0 Å². The van der Waals surface area contributed by atoms with Crippen LogP contribution < -0.4 is 0 Å². The summed E-state index contributed by atoms with van der Waals surface area (Å²) in [6.45, 7) is 13.1. The highest BCUT2D eigenvalue weighted by Crippen LogP contribution is 2.47. The van der Waals surface area contributed by atoms with E-state index < -0.39 is 0 Å². The van der Waals surface area contributed by atoms with Crippen LogP contribution in [0.1, 0.15) is 59.8 Å². The van der Waals surface area contributed by atoms with Gasteiger partial charge in [0, 0.05) is 5.92 Å². The highest BCUT2D eigenvalue weighted by atomic mass is 16.3. The van der Waals surface area contributed by atoms with Crippen molar-refractivity contribution in [1.29, 1.82) is 0 Å². The molecule has 1 heteroatoms. The molecule has 0 aromatic carbocycles.